The van der Waals surface area contributed by atoms with Crippen LogP contribution < -0.4 is 0 Å². The first-order chi connectivity index (χ1) is 5.49. The zero-order chi connectivity index (χ0) is 9.61. The summed E-state index contributed by atoms with van der Waals surface area (Å²) in [6, 6.07) is 0. The molecule has 4 nitrogen and oxygen atoms in total. The van der Waals surface area contributed by atoms with Gasteiger partial charge in [0.1, 0.15) is 17.3 Å². The monoisotopic (exact) mass is 230 g/mol. The van der Waals surface area contributed by atoms with Gasteiger partial charge in [0, 0.05) is 6.42 Å². The lowest BCUT2D eigenvalue weighted by Crippen LogP contribution is -2.16. The molecule has 0 aliphatic carbocycles. The molecule has 2 N–H and O–H groups in total. The summed E-state index contributed by atoms with van der Waals surface area (Å²) in [5.74, 6) is 3.06. The van der Waals surface area contributed by atoms with E-state index in [4.69, 9.17) is 4.55 Å². The highest BCUT2D eigenvalue weighted by atomic mass is 32.2. The first-order valence-electron chi connectivity index (χ1n) is 4.08. The summed E-state index contributed by atoms with van der Waals surface area (Å²) in [7, 11) is -3.38. The normalized spacial score (nSPS) is 11.4. The van der Waals surface area contributed by atoms with Crippen LogP contribution in [-0.2, 0) is 21.0 Å². The van der Waals surface area contributed by atoms with Crippen LogP contribution in [0.3, 0.4) is 0 Å². The Kier molecular flexibility index (Phi) is 9.18. The fraction of sp³-hybridized carbons (Fsp3) is 1.00. The lowest BCUT2D eigenvalue weighted by atomic mass is 10.6. The van der Waals surface area contributed by atoms with Crippen molar-refractivity contribution in [2.24, 2.45) is 0 Å². The summed E-state index contributed by atoms with van der Waals surface area (Å²) in [5.41, 5.74) is 0. The van der Waals surface area contributed by atoms with E-state index in [0.717, 1.165) is 17.3 Å². The van der Waals surface area contributed by atoms with E-state index in [1.54, 1.807) is 0 Å². The van der Waals surface area contributed by atoms with Gasteiger partial charge in [-0.2, -0.15) is 8.42 Å². The van der Waals surface area contributed by atoms with Gasteiger partial charge in [-0.15, -0.1) is 0 Å². The van der Waals surface area contributed by atoms with E-state index in [2.05, 4.69) is 13.8 Å². The third kappa shape index (κ3) is 10.1. The molecule has 0 saturated heterocycles. The Balaban J connectivity index is 0. The summed E-state index contributed by atoms with van der Waals surface area (Å²) in [4.78, 5) is 0. The highest BCUT2D eigenvalue weighted by molar-refractivity contribution is 7.96. The predicted octanol–water partition coefficient (Wildman–Crippen LogP) is 0.746. The summed E-state index contributed by atoms with van der Waals surface area (Å²) in [6.45, 7) is 4.22. The van der Waals surface area contributed by atoms with Crippen molar-refractivity contribution >= 4 is 21.0 Å². The lowest BCUT2D eigenvalue weighted by Gasteiger charge is -2.02. The van der Waals surface area contributed by atoms with E-state index in [-0.39, 0.29) is 11.2 Å². The second kappa shape index (κ2) is 7.61. The van der Waals surface area contributed by atoms with Gasteiger partial charge in [0.15, 0.2) is 0 Å². The first kappa shape index (κ1) is 15.7. The van der Waals surface area contributed by atoms with Gasteiger partial charge in [-0.3, -0.25) is 4.55 Å². The minimum absolute atomic E-state index is 0. The summed E-state index contributed by atoms with van der Waals surface area (Å²) >= 11 is 0. The third-order valence-electron chi connectivity index (χ3n) is 1.65. The molecule has 0 aliphatic rings. The zero-order valence-corrected chi connectivity index (χ0v) is 9.70. The van der Waals surface area contributed by atoms with Crippen molar-refractivity contribution in [1.29, 1.82) is 0 Å². The van der Waals surface area contributed by atoms with E-state index in [1.807, 2.05) is 0 Å². The van der Waals surface area contributed by atoms with E-state index in [1.165, 1.54) is 0 Å². The Morgan fingerprint density at radius 1 is 1.23 bits per heavy atom. The average Bonchev–Trinajstić information content (AvgIpc) is 1.96. The van der Waals surface area contributed by atoms with Crippen molar-refractivity contribution in [2.75, 3.05) is 23.0 Å². The Bertz CT molecular complexity index is 197. The SMILES string of the molecule is CC[S+](CC)CCCS(=O)(=O)O.[OH-]. The molecule has 0 radical (unpaired) electrons. The van der Waals surface area contributed by atoms with Crippen LogP contribution in [0, 0.1) is 0 Å². The van der Waals surface area contributed by atoms with Crippen molar-refractivity contribution in [3.63, 3.8) is 0 Å². The first-order valence-corrected chi connectivity index (χ1v) is 7.43. The van der Waals surface area contributed by atoms with Gasteiger partial charge < -0.3 is 5.48 Å². The Hall–Kier alpha value is 0.220. The van der Waals surface area contributed by atoms with Crippen LogP contribution in [0.5, 0.6) is 0 Å². The van der Waals surface area contributed by atoms with Crippen molar-refractivity contribution in [2.45, 2.75) is 20.3 Å². The number of hydrogen-bond donors (Lipinski definition) is 1. The van der Waals surface area contributed by atoms with Crippen molar-refractivity contribution < 1.29 is 18.4 Å². The van der Waals surface area contributed by atoms with Gasteiger partial charge in [0.05, 0.1) is 5.75 Å². The average molecular weight is 230 g/mol. The van der Waals surface area contributed by atoms with Crippen LogP contribution in [0.2, 0.25) is 0 Å². The Labute approximate surface area is 83.1 Å². The molecule has 6 heteroatoms. The Morgan fingerprint density at radius 3 is 2.00 bits per heavy atom. The summed E-state index contributed by atoms with van der Waals surface area (Å²) in [6.07, 6.45) is 0.587. The van der Waals surface area contributed by atoms with E-state index >= 15 is 0 Å². The van der Waals surface area contributed by atoms with E-state index in [0.29, 0.717) is 17.3 Å². The minimum Gasteiger partial charge on any atom is -0.870 e. The van der Waals surface area contributed by atoms with E-state index in [9.17, 15) is 8.42 Å². The van der Waals surface area contributed by atoms with Gasteiger partial charge in [0.25, 0.3) is 10.1 Å². The lowest BCUT2D eigenvalue weighted by molar-refractivity contribution is 0.482. The maximum atomic E-state index is 10.3. The van der Waals surface area contributed by atoms with Gasteiger partial charge >= 0.3 is 0 Å². The molecule has 0 aromatic carbocycles. The van der Waals surface area contributed by atoms with Gasteiger partial charge in [-0.05, 0) is 24.7 Å². The molecular weight excluding hydrogens is 212 g/mol. The fourth-order valence-electron chi connectivity index (χ4n) is 0.938. The van der Waals surface area contributed by atoms with E-state index < -0.39 is 10.1 Å². The molecule has 13 heavy (non-hydrogen) atoms. The molecule has 0 aliphatic heterocycles. The molecule has 0 atom stereocenters. The predicted molar refractivity (Wildman–Crippen MR) is 56.3 cm³/mol. The van der Waals surface area contributed by atoms with Crippen LogP contribution in [0.15, 0.2) is 0 Å². The number of hydrogen-bond acceptors (Lipinski definition) is 3. The summed E-state index contributed by atoms with van der Waals surface area (Å²) in [5, 5.41) is 0. The highest BCUT2D eigenvalue weighted by Gasteiger charge is 2.13. The smallest absolute Gasteiger partial charge is 0.265 e. The van der Waals surface area contributed by atoms with Gasteiger partial charge in [-0.25, -0.2) is 0 Å². The third-order valence-corrected chi connectivity index (χ3v) is 4.96. The van der Waals surface area contributed by atoms with Gasteiger partial charge in [0.2, 0.25) is 0 Å². The second-order valence-corrected chi connectivity index (χ2v) is 6.89. The largest absolute Gasteiger partial charge is 0.870 e. The molecule has 0 spiro atoms. The molecule has 0 bridgehead atoms. The molecule has 0 amide bonds. The quantitative estimate of drug-likeness (QED) is 0.539. The molecule has 0 saturated carbocycles. The molecule has 0 fully saturated rings. The van der Waals surface area contributed by atoms with Gasteiger partial charge in [-0.1, -0.05) is 0 Å². The van der Waals surface area contributed by atoms with Crippen LogP contribution >= 0.6 is 0 Å². The number of rotatable bonds is 6. The Morgan fingerprint density at radius 2 is 1.69 bits per heavy atom. The maximum absolute atomic E-state index is 10.3. The molecule has 0 aromatic rings. The molecule has 82 valence electrons. The standard InChI is InChI=1S/C7H16O3S2.H2O/c1-3-11(4-2)6-5-7-12(8,9)10;/h3-7H2,1-2H3;1H2. The van der Waals surface area contributed by atoms with Crippen LogP contribution in [0.4, 0.5) is 0 Å². The van der Waals surface area contributed by atoms with Crippen molar-refractivity contribution in [3.05, 3.63) is 0 Å². The van der Waals surface area contributed by atoms with Crippen LogP contribution in [-0.4, -0.2) is 41.5 Å². The van der Waals surface area contributed by atoms with Crippen LogP contribution in [0.25, 0.3) is 0 Å². The summed E-state index contributed by atoms with van der Waals surface area (Å²) < 4.78 is 29.1. The molecule has 0 rings (SSSR count). The second-order valence-electron chi connectivity index (χ2n) is 2.53. The zero-order valence-electron chi connectivity index (χ0n) is 8.06. The highest BCUT2D eigenvalue weighted by Crippen LogP contribution is 2.00. The molecule has 0 aromatic heterocycles. The molecular formula is C7H18O4S2. The fourth-order valence-corrected chi connectivity index (χ4v) is 3.17. The molecule has 0 heterocycles. The van der Waals surface area contributed by atoms with Crippen LogP contribution in [0.1, 0.15) is 20.3 Å². The molecule has 0 unspecified atom stereocenters. The maximum Gasteiger partial charge on any atom is 0.265 e. The minimum atomic E-state index is -3.73. The van der Waals surface area contributed by atoms with Crippen molar-refractivity contribution in [1.82, 2.24) is 0 Å². The topological polar surface area (TPSA) is 84.4 Å². The van der Waals surface area contributed by atoms with Crippen molar-refractivity contribution in [3.8, 4) is 0 Å².